The Morgan fingerprint density at radius 2 is 1.74 bits per heavy atom. The number of rotatable bonds is 5. The van der Waals surface area contributed by atoms with Gasteiger partial charge in [0.15, 0.2) is 0 Å². The fraction of sp³-hybridized carbons (Fsp3) is 0.0400. The van der Waals surface area contributed by atoms with Crippen LogP contribution in [0, 0.1) is 6.92 Å². The van der Waals surface area contributed by atoms with Gasteiger partial charge in [0.25, 0.3) is 0 Å². The molecule has 9 heteroatoms. The second-order valence-electron chi connectivity index (χ2n) is 7.22. The van der Waals surface area contributed by atoms with Crippen molar-refractivity contribution in [2.75, 3.05) is 5.32 Å². The third kappa shape index (κ3) is 5.48. The van der Waals surface area contributed by atoms with Crippen molar-refractivity contribution in [2.24, 2.45) is 5.10 Å². The number of nitrogens with one attached hydrogen (secondary N) is 2. The zero-order valence-electron chi connectivity index (χ0n) is 17.9. The van der Waals surface area contributed by atoms with E-state index in [1.54, 1.807) is 36.4 Å². The van der Waals surface area contributed by atoms with Gasteiger partial charge in [-0.2, -0.15) is 5.10 Å². The van der Waals surface area contributed by atoms with Crippen molar-refractivity contribution in [2.45, 2.75) is 6.92 Å². The van der Waals surface area contributed by atoms with Crippen LogP contribution in [0.25, 0.3) is 10.1 Å². The van der Waals surface area contributed by atoms with Crippen molar-refractivity contribution in [3.63, 3.8) is 0 Å². The number of aryl methyl sites for hydroxylation is 1. The van der Waals surface area contributed by atoms with E-state index in [0.717, 1.165) is 15.6 Å². The molecule has 0 aliphatic carbocycles. The molecule has 0 atom stereocenters. The fourth-order valence-corrected chi connectivity index (χ4v) is 4.38. The maximum Gasteiger partial charge on any atom is 0.355 e. The number of hydrazone groups is 1. The number of halogens is 1. The highest BCUT2D eigenvalue weighted by Gasteiger charge is 2.19. The summed E-state index contributed by atoms with van der Waals surface area (Å²) in [6, 6.07) is 21.0. The van der Waals surface area contributed by atoms with Crippen LogP contribution in [-0.4, -0.2) is 24.0 Å². The van der Waals surface area contributed by atoms with E-state index in [4.69, 9.17) is 16.3 Å². The summed E-state index contributed by atoms with van der Waals surface area (Å²) in [5, 5.41) is 7.43. The molecular weight excluding hydrogens is 474 g/mol. The van der Waals surface area contributed by atoms with E-state index in [-0.39, 0.29) is 5.75 Å². The van der Waals surface area contributed by atoms with E-state index in [1.165, 1.54) is 17.6 Å². The standard InChI is InChI=1S/C25H18ClN3O4S/c1-15-9-11-17(12-10-15)28-23(30)24(31)29-27-14-16-5-4-6-18(13-16)33-25(32)22-21(26)19-7-2-3-8-20(19)34-22/h2-14H,1H3,(H,28,30)(H,29,31)/b27-14+. The second-order valence-corrected chi connectivity index (χ2v) is 8.65. The minimum atomic E-state index is -0.918. The Balaban J connectivity index is 1.36. The fourth-order valence-electron chi connectivity index (χ4n) is 3.00. The van der Waals surface area contributed by atoms with E-state index >= 15 is 0 Å². The van der Waals surface area contributed by atoms with Gasteiger partial charge >= 0.3 is 17.8 Å². The van der Waals surface area contributed by atoms with E-state index in [2.05, 4.69) is 15.8 Å². The summed E-state index contributed by atoms with van der Waals surface area (Å²) in [6.07, 6.45) is 1.33. The third-order valence-corrected chi connectivity index (χ3v) is 6.34. The summed E-state index contributed by atoms with van der Waals surface area (Å²) < 4.78 is 6.36. The molecule has 0 saturated carbocycles. The van der Waals surface area contributed by atoms with Crippen LogP contribution < -0.4 is 15.5 Å². The molecule has 0 unspecified atom stereocenters. The lowest BCUT2D eigenvalue weighted by molar-refractivity contribution is -0.136. The molecular formula is C25H18ClN3O4S. The maximum absolute atomic E-state index is 12.6. The van der Waals surface area contributed by atoms with Crippen LogP contribution in [0.15, 0.2) is 77.9 Å². The molecule has 1 aromatic heterocycles. The minimum Gasteiger partial charge on any atom is -0.422 e. The summed E-state index contributed by atoms with van der Waals surface area (Å²) in [6.45, 7) is 1.92. The topological polar surface area (TPSA) is 96.9 Å². The van der Waals surface area contributed by atoms with Crippen molar-refractivity contribution in [3.8, 4) is 5.75 Å². The number of esters is 1. The molecule has 3 aromatic carbocycles. The van der Waals surface area contributed by atoms with Gasteiger partial charge in [-0.3, -0.25) is 9.59 Å². The molecule has 0 radical (unpaired) electrons. The lowest BCUT2D eigenvalue weighted by Crippen LogP contribution is -2.32. The number of hydrogen-bond acceptors (Lipinski definition) is 6. The van der Waals surface area contributed by atoms with E-state index in [0.29, 0.717) is 21.2 Å². The van der Waals surface area contributed by atoms with E-state index in [9.17, 15) is 14.4 Å². The van der Waals surface area contributed by atoms with Gasteiger partial charge < -0.3 is 10.1 Å². The summed E-state index contributed by atoms with van der Waals surface area (Å²) in [7, 11) is 0. The van der Waals surface area contributed by atoms with Crippen LogP contribution in [0.4, 0.5) is 5.69 Å². The Hall–Kier alpha value is -4.01. The van der Waals surface area contributed by atoms with Gasteiger partial charge in [-0.25, -0.2) is 10.2 Å². The molecule has 0 spiro atoms. The highest BCUT2D eigenvalue weighted by Crippen LogP contribution is 2.35. The number of ether oxygens (including phenoxy) is 1. The third-order valence-electron chi connectivity index (χ3n) is 4.68. The molecule has 170 valence electrons. The highest BCUT2D eigenvalue weighted by atomic mass is 35.5. The first-order valence-electron chi connectivity index (χ1n) is 10.1. The minimum absolute atomic E-state index is 0.283. The summed E-state index contributed by atoms with van der Waals surface area (Å²) in [5.74, 6) is -2.05. The van der Waals surface area contributed by atoms with Gasteiger partial charge in [0.2, 0.25) is 0 Å². The number of carbonyl (C=O) groups is 3. The number of hydrogen-bond donors (Lipinski definition) is 2. The highest BCUT2D eigenvalue weighted by molar-refractivity contribution is 7.21. The SMILES string of the molecule is Cc1ccc(NC(=O)C(=O)N/N=C/c2cccc(OC(=O)c3sc4ccccc4c3Cl)c2)cc1. The molecule has 2 N–H and O–H groups in total. The first-order valence-corrected chi connectivity index (χ1v) is 11.3. The lowest BCUT2D eigenvalue weighted by Gasteiger charge is -2.05. The number of benzene rings is 3. The predicted octanol–water partition coefficient (Wildman–Crippen LogP) is 5.17. The number of anilines is 1. The first-order chi connectivity index (χ1) is 16.4. The summed E-state index contributed by atoms with van der Waals surface area (Å²) in [4.78, 5) is 36.9. The summed E-state index contributed by atoms with van der Waals surface area (Å²) in [5.41, 5.74) is 4.25. The average molecular weight is 492 g/mol. The largest absolute Gasteiger partial charge is 0.422 e. The Kier molecular flexibility index (Phi) is 7.01. The molecule has 0 saturated heterocycles. The molecule has 2 amide bonds. The molecule has 0 fully saturated rings. The molecule has 4 rings (SSSR count). The number of nitrogens with zero attached hydrogens (tertiary/aromatic N) is 1. The quantitative estimate of drug-likeness (QED) is 0.132. The average Bonchev–Trinajstić information content (AvgIpc) is 3.17. The Morgan fingerprint density at radius 1 is 0.971 bits per heavy atom. The van der Waals surface area contributed by atoms with Gasteiger partial charge in [0, 0.05) is 15.8 Å². The number of fused-ring (bicyclic) bond motifs is 1. The van der Waals surface area contributed by atoms with Gasteiger partial charge in [0.05, 0.1) is 11.2 Å². The Bertz CT molecular complexity index is 1410. The molecule has 1 heterocycles. The second kappa shape index (κ2) is 10.3. The number of carbonyl (C=O) groups excluding carboxylic acids is 3. The molecule has 4 aromatic rings. The van der Waals surface area contributed by atoms with Crippen molar-refractivity contribution >= 4 is 62.7 Å². The van der Waals surface area contributed by atoms with Crippen LogP contribution in [-0.2, 0) is 9.59 Å². The van der Waals surface area contributed by atoms with Crippen molar-refractivity contribution in [3.05, 3.63) is 93.8 Å². The maximum atomic E-state index is 12.6. The monoisotopic (exact) mass is 491 g/mol. The lowest BCUT2D eigenvalue weighted by atomic mass is 10.2. The zero-order valence-corrected chi connectivity index (χ0v) is 19.4. The van der Waals surface area contributed by atoms with Crippen LogP contribution in [0.2, 0.25) is 5.02 Å². The van der Waals surface area contributed by atoms with E-state index < -0.39 is 17.8 Å². The van der Waals surface area contributed by atoms with Crippen LogP contribution >= 0.6 is 22.9 Å². The van der Waals surface area contributed by atoms with Gasteiger partial charge in [-0.05, 0) is 42.8 Å². The van der Waals surface area contributed by atoms with Crippen LogP contribution in [0.3, 0.4) is 0 Å². The van der Waals surface area contributed by atoms with Gasteiger partial charge in [-0.1, -0.05) is 59.6 Å². The van der Waals surface area contributed by atoms with Crippen LogP contribution in [0.1, 0.15) is 20.8 Å². The van der Waals surface area contributed by atoms with Gasteiger partial charge in [0.1, 0.15) is 10.6 Å². The van der Waals surface area contributed by atoms with Gasteiger partial charge in [-0.15, -0.1) is 11.3 Å². The van der Waals surface area contributed by atoms with Crippen molar-refractivity contribution in [1.82, 2.24) is 5.43 Å². The normalized spacial score (nSPS) is 10.9. The van der Waals surface area contributed by atoms with Crippen molar-refractivity contribution < 1.29 is 19.1 Å². The molecule has 0 bridgehead atoms. The predicted molar refractivity (Wildman–Crippen MR) is 134 cm³/mol. The van der Waals surface area contributed by atoms with Crippen molar-refractivity contribution in [1.29, 1.82) is 0 Å². The van der Waals surface area contributed by atoms with E-state index in [1.807, 2.05) is 43.3 Å². The first kappa shape index (κ1) is 23.2. The Labute approximate surface area is 204 Å². The summed E-state index contributed by atoms with van der Waals surface area (Å²) >= 11 is 7.60. The Morgan fingerprint density at radius 3 is 2.50 bits per heavy atom. The smallest absolute Gasteiger partial charge is 0.355 e. The zero-order chi connectivity index (χ0) is 24.1. The molecule has 7 nitrogen and oxygen atoms in total. The molecule has 34 heavy (non-hydrogen) atoms. The molecule has 0 aliphatic rings. The van der Waals surface area contributed by atoms with Crippen LogP contribution in [0.5, 0.6) is 5.75 Å². The number of thiophene rings is 1. The molecule has 0 aliphatic heterocycles. The number of amides is 2.